The third kappa shape index (κ3) is 5.70. The van der Waals surface area contributed by atoms with Crippen LogP contribution >= 0.6 is 0 Å². The van der Waals surface area contributed by atoms with Gasteiger partial charge in [0.05, 0.1) is 29.2 Å². The van der Waals surface area contributed by atoms with Crippen molar-refractivity contribution in [2.45, 2.75) is 13.1 Å². The van der Waals surface area contributed by atoms with Gasteiger partial charge in [0.25, 0.3) is 0 Å². The molecule has 248 valence electrons. The van der Waals surface area contributed by atoms with Gasteiger partial charge in [-0.25, -0.2) is 0 Å². The molecule has 0 fully saturated rings. The van der Waals surface area contributed by atoms with Gasteiger partial charge in [-0.05, 0) is 77.4 Å². The number of hydrogen-bond donors (Lipinski definition) is 2. The lowest BCUT2D eigenvalue weighted by Crippen LogP contribution is -2.26. The molecular formula is C46H33N5O. The molecular weight excluding hydrogens is 639 g/mol. The zero-order valence-electron chi connectivity index (χ0n) is 28.3. The molecule has 0 amide bonds. The first-order valence-corrected chi connectivity index (χ1v) is 17.4. The van der Waals surface area contributed by atoms with Gasteiger partial charge in [-0.3, -0.25) is 0 Å². The Morgan fingerprint density at radius 3 is 2.06 bits per heavy atom. The molecule has 0 spiro atoms. The maximum Gasteiger partial charge on any atom is 0.153 e. The van der Waals surface area contributed by atoms with Crippen LogP contribution in [0.5, 0.6) is 0 Å². The summed E-state index contributed by atoms with van der Waals surface area (Å²) in [5, 5.41) is 22.5. The van der Waals surface area contributed by atoms with Crippen molar-refractivity contribution in [2.75, 3.05) is 0 Å². The molecule has 0 atom stereocenters. The number of hydrogen-bond acceptors (Lipinski definition) is 4. The van der Waals surface area contributed by atoms with Crippen molar-refractivity contribution in [3.63, 3.8) is 0 Å². The van der Waals surface area contributed by atoms with E-state index >= 15 is 0 Å². The average Bonchev–Trinajstić information content (AvgIpc) is 3.75. The maximum absolute atomic E-state index is 9.85. The van der Waals surface area contributed by atoms with E-state index in [1.54, 1.807) is 0 Å². The molecule has 0 aliphatic carbocycles. The Kier molecular flexibility index (Phi) is 7.92. The number of rotatable bonds is 8. The average molecular weight is 672 g/mol. The van der Waals surface area contributed by atoms with E-state index in [0.717, 1.165) is 77.5 Å². The minimum Gasteiger partial charge on any atom is -0.455 e. The summed E-state index contributed by atoms with van der Waals surface area (Å²) in [6, 6.07) is 58.4. The first kappa shape index (κ1) is 30.9. The first-order chi connectivity index (χ1) is 25.7. The molecule has 9 aromatic rings. The number of para-hydroxylation sites is 2. The van der Waals surface area contributed by atoms with Crippen molar-refractivity contribution in [2.24, 2.45) is 5.10 Å². The van der Waals surface area contributed by atoms with E-state index in [9.17, 15) is 5.26 Å². The number of aromatic nitrogens is 1. The fourth-order valence-electron chi connectivity index (χ4n) is 7.07. The molecule has 0 unspecified atom stereocenters. The smallest absolute Gasteiger partial charge is 0.153 e. The number of furan rings is 1. The van der Waals surface area contributed by atoms with Crippen LogP contribution in [0.15, 0.2) is 173 Å². The van der Waals surface area contributed by atoms with Crippen molar-refractivity contribution < 1.29 is 4.42 Å². The number of fused-ring (bicyclic) bond motifs is 6. The third-order valence-electron chi connectivity index (χ3n) is 9.63. The van der Waals surface area contributed by atoms with Crippen molar-refractivity contribution >= 4 is 49.6 Å². The Labute approximate surface area is 300 Å². The standard InChI is InChI=1S/C46H33N5O/c47-28-33-18-24-42-40(26-33)41-27-35(37-15-9-16-39-38-14-7-8-17-44(38)52-45(37)39)21-25-43(41)51(42)36-22-19-34(20-23-36)46(48-29-31-10-3-1-4-11-31)50-49-30-32-12-5-2-6-13-32/h1-27,49H,29-30H2,(H,48,50). The van der Waals surface area contributed by atoms with Crippen molar-refractivity contribution in [1.29, 1.82) is 5.26 Å². The molecule has 2 aromatic heterocycles. The highest BCUT2D eigenvalue weighted by Crippen LogP contribution is 2.39. The van der Waals surface area contributed by atoms with E-state index in [4.69, 9.17) is 9.52 Å². The summed E-state index contributed by atoms with van der Waals surface area (Å²) in [5.74, 6) is 0.761. The Morgan fingerprint density at radius 1 is 0.615 bits per heavy atom. The summed E-state index contributed by atoms with van der Waals surface area (Å²) < 4.78 is 8.67. The van der Waals surface area contributed by atoms with E-state index in [1.165, 1.54) is 5.56 Å². The zero-order chi connectivity index (χ0) is 34.9. The van der Waals surface area contributed by atoms with Crippen molar-refractivity contribution in [3.8, 4) is 22.9 Å². The number of hydrazone groups is 1. The molecule has 9 rings (SSSR count). The molecule has 2 heterocycles. The SMILES string of the molecule is N#Cc1ccc2c(c1)c1cc(-c3cccc4c3oc3ccccc34)ccc1n2-c1ccc(/C(=N/NCc2ccccc2)NCc2ccccc2)cc1. The molecule has 52 heavy (non-hydrogen) atoms. The maximum atomic E-state index is 9.85. The van der Waals surface area contributed by atoms with Gasteiger partial charge in [-0.15, -0.1) is 0 Å². The minimum atomic E-state index is 0.619. The fourth-order valence-corrected chi connectivity index (χ4v) is 7.07. The van der Waals surface area contributed by atoms with Crippen LogP contribution in [0.1, 0.15) is 22.3 Å². The van der Waals surface area contributed by atoms with Crippen molar-refractivity contribution in [3.05, 3.63) is 186 Å². The number of nitrogens with zero attached hydrogens (tertiary/aromatic N) is 3. The molecule has 0 saturated carbocycles. The highest BCUT2D eigenvalue weighted by Gasteiger charge is 2.17. The summed E-state index contributed by atoms with van der Waals surface area (Å²) in [5.41, 5.74) is 14.1. The Hall–Kier alpha value is -7.10. The van der Waals surface area contributed by atoms with Gasteiger partial charge < -0.3 is 19.7 Å². The Morgan fingerprint density at radius 2 is 1.29 bits per heavy atom. The Bertz CT molecular complexity index is 2790. The zero-order valence-corrected chi connectivity index (χ0v) is 28.3. The van der Waals surface area contributed by atoms with Crippen LogP contribution in [0.25, 0.3) is 60.6 Å². The van der Waals surface area contributed by atoms with Crippen LogP contribution in [-0.4, -0.2) is 10.4 Å². The summed E-state index contributed by atoms with van der Waals surface area (Å²) in [7, 11) is 0. The van der Waals surface area contributed by atoms with Gasteiger partial charge in [0.1, 0.15) is 11.2 Å². The van der Waals surface area contributed by atoms with E-state index in [0.29, 0.717) is 18.7 Å². The molecule has 7 aromatic carbocycles. The first-order valence-electron chi connectivity index (χ1n) is 17.4. The molecule has 6 nitrogen and oxygen atoms in total. The number of nitriles is 1. The lowest BCUT2D eigenvalue weighted by molar-refractivity contribution is 0.670. The van der Waals surface area contributed by atoms with Gasteiger partial charge in [0, 0.05) is 44.9 Å². The molecule has 0 saturated heterocycles. The van der Waals surface area contributed by atoms with Gasteiger partial charge in [-0.1, -0.05) is 103 Å². The highest BCUT2D eigenvalue weighted by molar-refractivity contribution is 6.13. The second-order valence-corrected chi connectivity index (χ2v) is 12.9. The molecule has 0 bridgehead atoms. The molecule has 6 heteroatoms. The molecule has 0 aliphatic heterocycles. The Balaban J connectivity index is 1.11. The summed E-state index contributed by atoms with van der Waals surface area (Å²) in [4.78, 5) is 0. The molecule has 0 aliphatic rings. The van der Waals surface area contributed by atoms with E-state index in [-0.39, 0.29) is 0 Å². The third-order valence-corrected chi connectivity index (χ3v) is 9.63. The normalized spacial score (nSPS) is 11.7. The van der Waals surface area contributed by atoms with Crippen LogP contribution in [0.2, 0.25) is 0 Å². The lowest BCUT2D eigenvalue weighted by atomic mass is 10.00. The van der Waals surface area contributed by atoms with Gasteiger partial charge in [0.15, 0.2) is 5.84 Å². The second kappa shape index (κ2) is 13.3. The topological polar surface area (TPSA) is 78.3 Å². The molecule has 0 radical (unpaired) electrons. The van der Waals surface area contributed by atoms with Crippen molar-refractivity contribution in [1.82, 2.24) is 15.3 Å². The van der Waals surface area contributed by atoms with E-state index < -0.39 is 0 Å². The summed E-state index contributed by atoms with van der Waals surface area (Å²) >= 11 is 0. The fraction of sp³-hybridized carbons (Fsp3) is 0.0435. The largest absolute Gasteiger partial charge is 0.455 e. The number of benzene rings is 7. The van der Waals surface area contributed by atoms with Crippen LogP contribution in [0.4, 0.5) is 0 Å². The number of amidine groups is 1. The second-order valence-electron chi connectivity index (χ2n) is 12.9. The van der Waals surface area contributed by atoms with Crippen LogP contribution in [-0.2, 0) is 13.1 Å². The monoisotopic (exact) mass is 671 g/mol. The number of nitrogens with one attached hydrogen (secondary N) is 2. The van der Waals surface area contributed by atoms with Crippen LogP contribution < -0.4 is 10.7 Å². The quantitative estimate of drug-likeness (QED) is 0.0957. The van der Waals surface area contributed by atoms with Crippen LogP contribution in [0, 0.1) is 11.3 Å². The minimum absolute atomic E-state index is 0.619. The summed E-state index contributed by atoms with van der Waals surface area (Å²) in [6.07, 6.45) is 0. The van der Waals surface area contributed by atoms with E-state index in [2.05, 4.69) is 112 Å². The van der Waals surface area contributed by atoms with E-state index in [1.807, 2.05) is 72.8 Å². The highest BCUT2D eigenvalue weighted by atomic mass is 16.3. The van der Waals surface area contributed by atoms with Crippen LogP contribution in [0.3, 0.4) is 0 Å². The van der Waals surface area contributed by atoms with Gasteiger partial charge >= 0.3 is 0 Å². The van der Waals surface area contributed by atoms with Gasteiger partial charge in [0.2, 0.25) is 0 Å². The molecule has 2 N–H and O–H groups in total. The lowest BCUT2D eigenvalue weighted by Gasteiger charge is -2.13. The predicted octanol–water partition coefficient (Wildman–Crippen LogP) is 10.5. The summed E-state index contributed by atoms with van der Waals surface area (Å²) in [6.45, 7) is 1.26. The van der Waals surface area contributed by atoms with Gasteiger partial charge in [-0.2, -0.15) is 10.4 Å². The predicted molar refractivity (Wildman–Crippen MR) is 211 cm³/mol.